The van der Waals surface area contributed by atoms with Crippen molar-refractivity contribution in [3.05, 3.63) is 11.6 Å². The van der Waals surface area contributed by atoms with Crippen molar-refractivity contribution in [2.45, 2.75) is 20.0 Å². The molecule has 68 valence electrons. The van der Waals surface area contributed by atoms with E-state index in [2.05, 4.69) is 10.3 Å². The van der Waals surface area contributed by atoms with Crippen LogP contribution in [0.2, 0.25) is 0 Å². The molecule has 1 atom stereocenters. The molecule has 1 heterocycles. The van der Waals surface area contributed by atoms with E-state index in [1.807, 2.05) is 19.2 Å². The van der Waals surface area contributed by atoms with Crippen LogP contribution in [0.3, 0.4) is 0 Å². The summed E-state index contributed by atoms with van der Waals surface area (Å²) in [5.41, 5.74) is 0. The lowest BCUT2D eigenvalue weighted by Crippen LogP contribution is -2.19. The second kappa shape index (κ2) is 5.11. The van der Waals surface area contributed by atoms with Gasteiger partial charge in [0, 0.05) is 24.7 Å². The highest BCUT2D eigenvalue weighted by molar-refractivity contribution is 7.13. The lowest BCUT2D eigenvalue weighted by Gasteiger charge is -2.11. The summed E-state index contributed by atoms with van der Waals surface area (Å²) >= 11 is 1.61. The van der Waals surface area contributed by atoms with Crippen molar-refractivity contribution in [2.24, 2.45) is 0 Å². The predicted molar refractivity (Wildman–Crippen MR) is 51.7 cm³/mol. The van der Waals surface area contributed by atoms with Gasteiger partial charge >= 0.3 is 0 Å². The fraction of sp³-hybridized carbons (Fsp3) is 0.625. The van der Waals surface area contributed by atoms with Gasteiger partial charge in [-0.25, -0.2) is 4.98 Å². The number of anilines is 1. The van der Waals surface area contributed by atoms with E-state index in [-0.39, 0.29) is 6.10 Å². The van der Waals surface area contributed by atoms with Crippen molar-refractivity contribution in [3.8, 4) is 0 Å². The smallest absolute Gasteiger partial charge is 0.182 e. The number of hydrogen-bond donors (Lipinski definition) is 1. The Morgan fingerprint density at radius 2 is 2.58 bits per heavy atom. The van der Waals surface area contributed by atoms with Crippen molar-refractivity contribution < 1.29 is 4.74 Å². The van der Waals surface area contributed by atoms with E-state index >= 15 is 0 Å². The quantitative estimate of drug-likeness (QED) is 0.763. The number of rotatable bonds is 5. The zero-order chi connectivity index (χ0) is 8.81. The van der Waals surface area contributed by atoms with Crippen LogP contribution in [0.1, 0.15) is 13.8 Å². The molecule has 0 fully saturated rings. The van der Waals surface area contributed by atoms with Gasteiger partial charge < -0.3 is 10.1 Å². The number of aromatic nitrogens is 1. The van der Waals surface area contributed by atoms with E-state index in [1.165, 1.54) is 0 Å². The molecule has 1 N–H and O–H groups in total. The Morgan fingerprint density at radius 1 is 1.75 bits per heavy atom. The molecule has 12 heavy (non-hydrogen) atoms. The number of nitrogens with one attached hydrogen (secondary N) is 1. The molecule has 0 radical (unpaired) electrons. The van der Waals surface area contributed by atoms with Crippen LogP contribution in [-0.4, -0.2) is 24.2 Å². The van der Waals surface area contributed by atoms with Crippen LogP contribution in [0.5, 0.6) is 0 Å². The molecule has 4 heteroatoms. The standard InChI is InChI=1S/C8H14N2OS/c1-3-11-7(2)6-10-8-9-4-5-12-8/h4-5,7H,3,6H2,1-2H3,(H,9,10). The summed E-state index contributed by atoms with van der Waals surface area (Å²) in [6, 6.07) is 0. The van der Waals surface area contributed by atoms with Crippen molar-refractivity contribution in [2.75, 3.05) is 18.5 Å². The molecule has 0 saturated heterocycles. The zero-order valence-electron chi connectivity index (χ0n) is 7.41. The van der Waals surface area contributed by atoms with Crippen molar-refractivity contribution >= 4 is 16.5 Å². The maximum Gasteiger partial charge on any atom is 0.182 e. The van der Waals surface area contributed by atoms with Crippen LogP contribution in [-0.2, 0) is 4.74 Å². The van der Waals surface area contributed by atoms with Gasteiger partial charge in [0.15, 0.2) is 5.13 Å². The van der Waals surface area contributed by atoms with E-state index in [0.29, 0.717) is 0 Å². The van der Waals surface area contributed by atoms with Crippen molar-refractivity contribution in [3.63, 3.8) is 0 Å². The van der Waals surface area contributed by atoms with E-state index in [1.54, 1.807) is 17.5 Å². The van der Waals surface area contributed by atoms with Crippen molar-refractivity contribution in [1.82, 2.24) is 4.98 Å². The maximum absolute atomic E-state index is 5.35. The van der Waals surface area contributed by atoms with Crippen molar-refractivity contribution in [1.29, 1.82) is 0 Å². The minimum Gasteiger partial charge on any atom is -0.377 e. The molecule has 0 saturated carbocycles. The molecule has 1 unspecified atom stereocenters. The third-order valence-corrected chi connectivity index (χ3v) is 2.16. The Morgan fingerprint density at radius 3 is 3.17 bits per heavy atom. The SMILES string of the molecule is CCOC(C)CNc1nccs1. The number of nitrogens with zero attached hydrogens (tertiary/aromatic N) is 1. The minimum atomic E-state index is 0.249. The summed E-state index contributed by atoms with van der Waals surface area (Å²) in [6.07, 6.45) is 2.04. The predicted octanol–water partition coefficient (Wildman–Crippen LogP) is 1.98. The van der Waals surface area contributed by atoms with Gasteiger partial charge in [-0.1, -0.05) is 0 Å². The lowest BCUT2D eigenvalue weighted by molar-refractivity contribution is 0.0855. The lowest BCUT2D eigenvalue weighted by atomic mass is 10.4. The van der Waals surface area contributed by atoms with E-state index in [4.69, 9.17) is 4.74 Å². The summed E-state index contributed by atoms with van der Waals surface area (Å²) in [4.78, 5) is 4.10. The van der Waals surface area contributed by atoms with Gasteiger partial charge in [0.2, 0.25) is 0 Å². The molecule has 3 nitrogen and oxygen atoms in total. The van der Waals surface area contributed by atoms with Crippen LogP contribution < -0.4 is 5.32 Å². The Labute approximate surface area is 76.8 Å². The van der Waals surface area contributed by atoms with E-state index in [9.17, 15) is 0 Å². The number of ether oxygens (including phenoxy) is 1. The fourth-order valence-electron chi connectivity index (χ4n) is 0.885. The largest absolute Gasteiger partial charge is 0.377 e. The average molecular weight is 186 g/mol. The van der Waals surface area contributed by atoms with Gasteiger partial charge in [-0.2, -0.15) is 0 Å². The Hall–Kier alpha value is -0.610. The average Bonchev–Trinajstić information content (AvgIpc) is 2.53. The van der Waals surface area contributed by atoms with Crippen LogP contribution in [0, 0.1) is 0 Å². The molecular weight excluding hydrogens is 172 g/mol. The monoisotopic (exact) mass is 186 g/mol. The second-order valence-electron chi connectivity index (χ2n) is 2.48. The fourth-order valence-corrected chi connectivity index (χ4v) is 1.42. The molecule has 1 aromatic rings. The highest BCUT2D eigenvalue weighted by Gasteiger charge is 2.00. The first-order chi connectivity index (χ1) is 5.83. The summed E-state index contributed by atoms with van der Waals surface area (Å²) in [5, 5.41) is 6.10. The van der Waals surface area contributed by atoms with Gasteiger partial charge in [0.25, 0.3) is 0 Å². The van der Waals surface area contributed by atoms with Crippen LogP contribution in [0.25, 0.3) is 0 Å². The second-order valence-corrected chi connectivity index (χ2v) is 3.38. The molecule has 0 amide bonds. The normalized spacial score (nSPS) is 12.8. The minimum absolute atomic E-state index is 0.249. The summed E-state index contributed by atoms with van der Waals surface area (Å²) in [5.74, 6) is 0. The molecule has 1 rings (SSSR count). The topological polar surface area (TPSA) is 34.1 Å². The third kappa shape index (κ3) is 3.19. The molecule has 1 aromatic heterocycles. The first-order valence-electron chi connectivity index (χ1n) is 4.08. The third-order valence-electron chi connectivity index (χ3n) is 1.42. The number of thiazole rings is 1. The van der Waals surface area contributed by atoms with Gasteiger partial charge in [-0.3, -0.25) is 0 Å². The molecular formula is C8H14N2OS. The Kier molecular flexibility index (Phi) is 4.04. The Bertz CT molecular complexity index is 201. The first kappa shape index (κ1) is 9.48. The summed E-state index contributed by atoms with van der Waals surface area (Å²) < 4.78 is 5.35. The molecule has 0 aliphatic carbocycles. The molecule has 0 aliphatic rings. The first-order valence-corrected chi connectivity index (χ1v) is 4.96. The highest BCUT2D eigenvalue weighted by atomic mass is 32.1. The zero-order valence-corrected chi connectivity index (χ0v) is 8.23. The maximum atomic E-state index is 5.35. The van der Waals surface area contributed by atoms with Crippen LogP contribution >= 0.6 is 11.3 Å². The molecule has 0 aromatic carbocycles. The molecule has 0 bridgehead atoms. The Balaban J connectivity index is 2.17. The summed E-state index contributed by atoms with van der Waals surface area (Å²) in [6.45, 7) is 5.63. The highest BCUT2D eigenvalue weighted by Crippen LogP contribution is 2.09. The van der Waals surface area contributed by atoms with E-state index in [0.717, 1.165) is 18.3 Å². The molecule has 0 spiro atoms. The summed E-state index contributed by atoms with van der Waals surface area (Å²) in [7, 11) is 0. The van der Waals surface area contributed by atoms with Gasteiger partial charge in [0.1, 0.15) is 0 Å². The van der Waals surface area contributed by atoms with E-state index < -0.39 is 0 Å². The van der Waals surface area contributed by atoms with Crippen LogP contribution in [0.4, 0.5) is 5.13 Å². The number of hydrogen-bond acceptors (Lipinski definition) is 4. The molecule has 0 aliphatic heterocycles. The van der Waals surface area contributed by atoms with Gasteiger partial charge in [0.05, 0.1) is 6.10 Å². The van der Waals surface area contributed by atoms with Gasteiger partial charge in [-0.05, 0) is 13.8 Å². The van der Waals surface area contributed by atoms with Gasteiger partial charge in [-0.15, -0.1) is 11.3 Å². The van der Waals surface area contributed by atoms with Crippen LogP contribution in [0.15, 0.2) is 11.6 Å².